The van der Waals surface area contributed by atoms with E-state index < -0.39 is 0 Å². The maximum atomic E-state index is 3.45. The van der Waals surface area contributed by atoms with Crippen LogP contribution in [0, 0.1) is 0 Å². The van der Waals surface area contributed by atoms with E-state index in [0.717, 1.165) is 0 Å². The molecule has 12 heavy (non-hydrogen) atoms. The number of hydrogen-bond acceptors (Lipinski definition) is 2. The molecule has 0 aliphatic rings. The molecule has 0 fully saturated rings. The van der Waals surface area contributed by atoms with Crippen molar-refractivity contribution in [3.05, 3.63) is 11.5 Å². The Balaban J connectivity index is 3.87. The molecular formula is C9H22N2Si. The summed E-state index contributed by atoms with van der Waals surface area (Å²) in [4.78, 5) is 0. The number of hydrogen-bond donors (Lipinski definition) is 2. The van der Waals surface area contributed by atoms with Crippen LogP contribution in [0.25, 0.3) is 0 Å². The zero-order valence-corrected chi connectivity index (χ0v) is 10.4. The molecule has 2 nitrogen and oxygen atoms in total. The third kappa shape index (κ3) is 6.28. The van der Waals surface area contributed by atoms with Crippen molar-refractivity contribution in [2.24, 2.45) is 0 Å². The van der Waals surface area contributed by atoms with E-state index in [1.165, 1.54) is 5.32 Å². The Kier molecular flexibility index (Phi) is 5.89. The Morgan fingerprint density at radius 1 is 1.17 bits per heavy atom. The molecule has 0 radical (unpaired) electrons. The SMILES string of the molecule is C[SiH2]C(=CNC(C)C)NC(C)C. The molecule has 3 heteroatoms. The summed E-state index contributed by atoms with van der Waals surface area (Å²) in [6.45, 7) is 10.9. The third-order valence-electron chi connectivity index (χ3n) is 1.45. The summed E-state index contributed by atoms with van der Waals surface area (Å²) in [6.07, 6.45) is 2.14. The first-order valence-electron chi connectivity index (χ1n) is 4.77. The first-order chi connectivity index (χ1) is 5.56. The normalized spacial score (nSPS) is 13.4. The van der Waals surface area contributed by atoms with Crippen LogP contribution in [-0.2, 0) is 0 Å². The van der Waals surface area contributed by atoms with Crippen molar-refractivity contribution < 1.29 is 0 Å². The standard InChI is InChI=1S/C9H22N2Si/c1-7(2)10-6-9(12-5)11-8(3)4/h6-8,10-11H,12H2,1-5H3. The average Bonchev–Trinajstić information content (AvgIpc) is 1.97. The molecule has 0 bridgehead atoms. The van der Waals surface area contributed by atoms with Crippen LogP contribution in [-0.4, -0.2) is 21.6 Å². The van der Waals surface area contributed by atoms with Gasteiger partial charge in [-0.2, -0.15) is 0 Å². The molecular weight excluding hydrogens is 164 g/mol. The highest BCUT2D eigenvalue weighted by Gasteiger charge is 1.96. The van der Waals surface area contributed by atoms with E-state index in [1.54, 1.807) is 0 Å². The molecule has 0 spiro atoms. The second kappa shape index (κ2) is 6.12. The Morgan fingerprint density at radius 3 is 2.08 bits per heavy atom. The molecule has 0 atom stereocenters. The highest BCUT2D eigenvalue weighted by Crippen LogP contribution is 1.89. The predicted molar refractivity (Wildman–Crippen MR) is 59.0 cm³/mol. The summed E-state index contributed by atoms with van der Waals surface area (Å²) in [7, 11) is -0.0703. The smallest absolute Gasteiger partial charge is 0.0738 e. The highest BCUT2D eigenvalue weighted by molar-refractivity contribution is 6.43. The van der Waals surface area contributed by atoms with Crippen LogP contribution in [0.4, 0.5) is 0 Å². The van der Waals surface area contributed by atoms with Crippen LogP contribution in [0.5, 0.6) is 0 Å². The summed E-state index contributed by atoms with van der Waals surface area (Å²) in [6, 6.07) is 1.09. The lowest BCUT2D eigenvalue weighted by Gasteiger charge is -2.14. The zero-order chi connectivity index (χ0) is 9.56. The first-order valence-corrected chi connectivity index (χ1v) is 6.90. The molecule has 0 aromatic heterocycles. The molecule has 72 valence electrons. The average molecular weight is 186 g/mol. The van der Waals surface area contributed by atoms with Crippen molar-refractivity contribution in [2.75, 3.05) is 0 Å². The fraction of sp³-hybridized carbons (Fsp3) is 0.778. The van der Waals surface area contributed by atoms with Gasteiger partial charge in [0, 0.05) is 23.6 Å². The van der Waals surface area contributed by atoms with Gasteiger partial charge in [0.25, 0.3) is 0 Å². The van der Waals surface area contributed by atoms with E-state index in [0.29, 0.717) is 12.1 Å². The van der Waals surface area contributed by atoms with E-state index in [4.69, 9.17) is 0 Å². The lowest BCUT2D eigenvalue weighted by molar-refractivity contribution is 0.663. The van der Waals surface area contributed by atoms with Crippen molar-refractivity contribution in [1.82, 2.24) is 10.6 Å². The number of rotatable bonds is 5. The minimum atomic E-state index is -0.0703. The fourth-order valence-corrected chi connectivity index (χ4v) is 1.82. The Hall–Kier alpha value is -0.443. The monoisotopic (exact) mass is 186 g/mol. The number of nitrogens with one attached hydrogen (secondary N) is 2. The molecule has 0 unspecified atom stereocenters. The maximum absolute atomic E-state index is 3.45. The molecule has 0 rings (SSSR count). The maximum Gasteiger partial charge on any atom is 0.0738 e. The topological polar surface area (TPSA) is 24.1 Å². The first kappa shape index (κ1) is 11.6. The van der Waals surface area contributed by atoms with Gasteiger partial charge >= 0.3 is 0 Å². The van der Waals surface area contributed by atoms with Crippen molar-refractivity contribution in [2.45, 2.75) is 46.3 Å². The molecule has 0 saturated carbocycles. The van der Waals surface area contributed by atoms with E-state index in [-0.39, 0.29) is 9.52 Å². The predicted octanol–water partition coefficient (Wildman–Crippen LogP) is 0.998. The lowest BCUT2D eigenvalue weighted by atomic mass is 10.4. The highest BCUT2D eigenvalue weighted by atomic mass is 28.2. The molecule has 0 amide bonds. The molecule has 0 saturated heterocycles. The quantitative estimate of drug-likeness (QED) is 0.626. The molecule has 0 heterocycles. The van der Waals surface area contributed by atoms with E-state index in [2.05, 4.69) is 51.1 Å². The summed E-state index contributed by atoms with van der Waals surface area (Å²) in [5.74, 6) is 0. The zero-order valence-electron chi connectivity index (χ0n) is 8.94. The summed E-state index contributed by atoms with van der Waals surface area (Å²) >= 11 is 0. The van der Waals surface area contributed by atoms with Gasteiger partial charge in [-0.3, -0.25) is 0 Å². The van der Waals surface area contributed by atoms with Crippen molar-refractivity contribution in [1.29, 1.82) is 0 Å². The minimum Gasteiger partial charge on any atom is -0.389 e. The van der Waals surface area contributed by atoms with Crippen molar-refractivity contribution in [3.8, 4) is 0 Å². The largest absolute Gasteiger partial charge is 0.389 e. The van der Waals surface area contributed by atoms with Gasteiger partial charge in [-0.25, -0.2) is 0 Å². The van der Waals surface area contributed by atoms with Crippen LogP contribution in [0.3, 0.4) is 0 Å². The summed E-state index contributed by atoms with van der Waals surface area (Å²) in [5.41, 5.74) is 0. The van der Waals surface area contributed by atoms with Crippen LogP contribution in [0.1, 0.15) is 27.7 Å². The van der Waals surface area contributed by atoms with Gasteiger partial charge in [0.05, 0.1) is 9.52 Å². The molecule has 0 aliphatic carbocycles. The van der Waals surface area contributed by atoms with E-state index in [1.807, 2.05) is 0 Å². The van der Waals surface area contributed by atoms with E-state index in [9.17, 15) is 0 Å². The molecule has 0 aromatic rings. The van der Waals surface area contributed by atoms with Gasteiger partial charge < -0.3 is 10.6 Å². The molecule has 0 aliphatic heterocycles. The van der Waals surface area contributed by atoms with Crippen LogP contribution < -0.4 is 10.6 Å². The van der Waals surface area contributed by atoms with Gasteiger partial charge in [-0.15, -0.1) is 0 Å². The van der Waals surface area contributed by atoms with Crippen LogP contribution >= 0.6 is 0 Å². The second-order valence-electron chi connectivity index (χ2n) is 3.64. The summed E-state index contributed by atoms with van der Waals surface area (Å²) in [5, 5.41) is 8.17. The van der Waals surface area contributed by atoms with Crippen LogP contribution in [0.15, 0.2) is 11.5 Å². The Morgan fingerprint density at radius 2 is 1.75 bits per heavy atom. The van der Waals surface area contributed by atoms with Crippen molar-refractivity contribution >= 4 is 9.52 Å². The van der Waals surface area contributed by atoms with Crippen LogP contribution in [0.2, 0.25) is 6.55 Å². The summed E-state index contributed by atoms with van der Waals surface area (Å²) < 4.78 is 0. The van der Waals surface area contributed by atoms with Gasteiger partial charge in [-0.1, -0.05) is 6.55 Å². The van der Waals surface area contributed by atoms with E-state index >= 15 is 0 Å². The van der Waals surface area contributed by atoms with Gasteiger partial charge in [0.1, 0.15) is 0 Å². The Bertz CT molecular complexity index is 141. The molecule has 0 aromatic carbocycles. The second-order valence-corrected chi connectivity index (χ2v) is 5.11. The fourth-order valence-electron chi connectivity index (χ4n) is 0.884. The van der Waals surface area contributed by atoms with Gasteiger partial charge in [0.15, 0.2) is 0 Å². The van der Waals surface area contributed by atoms with Crippen molar-refractivity contribution in [3.63, 3.8) is 0 Å². The minimum absolute atomic E-state index is 0.0703. The van der Waals surface area contributed by atoms with Gasteiger partial charge in [-0.05, 0) is 27.7 Å². The third-order valence-corrected chi connectivity index (χ3v) is 2.62. The lowest BCUT2D eigenvalue weighted by Crippen LogP contribution is -2.27. The Labute approximate surface area is 78.6 Å². The van der Waals surface area contributed by atoms with Gasteiger partial charge in [0.2, 0.25) is 0 Å². The molecule has 2 N–H and O–H groups in total.